The van der Waals surface area contributed by atoms with E-state index in [9.17, 15) is 9.50 Å². The van der Waals surface area contributed by atoms with Gasteiger partial charge in [-0.1, -0.05) is 22.0 Å². The van der Waals surface area contributed by atoms with Crippen LogP contribution in [0.5, 0.6) is 0 Å². The normalized spacial score (nSPS) is 12.7. The van der Waals surface area contributed by atoms with Crippen LogP contribution in [0.4, 0.5) is 4.39 Å². The summed E-state index contributed by atoms with van der Waals surface area (Å²) < 4.78 is 19.8. The van der Waals surface area contributed by atoms with Crippen molar-refractivity contribution in [2.75, 3.05) is 0 Å². The minimum Gasteiger partial charge on any atom is -0.457 e. The molecular weight excluding hydrogens is 355 g/mol. The Hall–Kier alpha value is -0.650. The summed E-state index contributed by atoms with van der Waals surface area (Å²) in [6.45, 7) is 0. The zero-order chi connectivity index (χ0) is 12.4. The number of aliphatic hydroxyl groups excluding tert-OH is 1. The van der Waals surface area contributed by atoms with E-state index in [1.54, 1.807) is 18.2 Å². The molecule has 2 rings (SSSR count). The molecule has 17 heavy (non-hydrogen) atoms. The Bertz CT molecular complexity index is 525. The molecule has 0 amide bonds. The third kappa shape index (κ3) is 2.97. The van der Waals surface area contributed by atoms with Crippen molar-refractivity contribution in [3.05, 3.63) is 56.6 Å². The second-order valence-electron chi connectivity index (χ2n) is 3.61. The Balaban J connectivity index is 2.19. The van der Waals surface area contributed by atoms with E-state index in [2.05, 4.69) is 31.9 Å². The first kappa shape index (κ1) is 12.8. The Labute approximate surface area is 115 Å². The minimum absolute atomic E-state index is 0.206. The van der Waals surface area contributed by atoms with E-state index >= 15 is 0 Å². The van der Waals surface area contributed by atoms with Gasteiger partial charge in [0.1, 0.15) is 5.82 Å². The molecule has 0 saturated heterocycles. The van der Waals surface area contributed by atoms with Crippen LogP contribution in [0.25, 0.3) is 0 Å². The molecule has 2 nitrogen and oxygen atoms in total. The molecule has 1 unspecified atom stereocenters. The number of hydrogen-bond acceptors (Lipinski definition) is 2. The molecule has 1 heterocycles. The summed E-state index contributed by atoms with van der Waals surface area (Å²) in [6, 6.07) is 6.43. The van der Waals surface area contributed by atoms with Crippen molar-refractivity contribution in [1.29, 1.82) is 0 Å². The summed E-state index contributed by atoms with van der Waals surface area (Å²) in [5.74, 6) is -0.335. The molecule has 5 heteroatoms. The molecule has 90 valence electrons. The van der Waals surface area contributed by atoms with E-state index in [-0.39, 0.29) is 12.2 Å². The van der Waals surface area contributed by atoms with Crippen molar-refractivity contribution in [1.82, 2.24) is 0 Å². The Kier molecular flexibility index (Phi) is 4.01. The third-order valence-electron chi connectivity index (χ3n) is 2.43. The lowest BCUT2D eigenvalue weighted by molar-refractivity contribution is 0.175. The Morgan fingerprint density at radius 2 is 2.06 bits per heavy atom. The van der Waals surface area contributed by atoms with Crippen molar-refractivity contribution in [3.63, 3.8) is 0 Å². The summed E-state index contributed by atoms with van der Waals surface area (Å²) in [6.07, 6.45) is 0.886. The van der Waals surface area contributed by atoms with E-state index in [0.717, 1.165) is 0 Å². The van der Waals surface area contributed by atoms with E-state index in [0.29, 0.717) is 20.3 Å². The summed E-state index contributed by atoms with van der Waals surface area (Å²) in [5, 5.41) is 9.97. The van der Waals surface area contributed by atoms with Crippen LogP contribution >= 0.6 is 31.9 Å². The fraction of sp³-hybridized carbons (Fsp3) is 0.167. The van der Waals surface area contributed by atoms with Crippen molar-refractivity contribution in [2.45, 2.75) is 12.5 Å². The smallest absolute Gasteiger partial charge is 0.174 e. The molecule has 1 aromatic carbocycles. The van der Waals surface area contributed by atoms with Gasteiger partial charge in [0.05, 0.1) is 12.4 Å². The van der Waals surface area contributed by atoms with Gasteiger partial charge in [-0.15, -0.1) is 0 Å². The van der Waals surface area contributed by atoms with Gasteiger partial charge >= 0.3 is 0 Å². The minimum atomic E-state index is -0.793. The lowest BCUT2D eigenvalue weighted by atomic mass is 10.0. The molecule has 0 aliphatic heterocycles. The number of aliphatic hydroxyl groups is 1. The molecule has 0 spiro atoms. The van der Waals surface area contributed by atoms with E-state index in [1.807, 2.05) is 0 Å². The highest BCUT2D eigenvalue weighted by molar-refractivity contribution is 9.10. The van der Waals surface area contributed by atoms with Gasteiger partial charge < -0.3 is 9.52 Å². The number of rotatable bonds is 3. The first-order valence-corrected chi connectivity index (χ1v) is 6.51. The topological polar surface area (TPSA) is 33.4 Å². The number of hydrogen-bond donors (Lipinski definition) is 1. The average Bonchev–Trinajstić information content (AvgIpc) is 2.68. The molecule has 0 bridgehead atoms. The van der Waals surface area contributed by atoms with Crippen LogP contribution in [0.15, 0.2) is 44.1 Å². The van der Waals surface area contributed by atoms with Crippen LogP contribution in [0.3, 0.4) is 0 Å². The van der Waals surface area contributed by atoms with E-state index in [4.69, 9.17) is 4.42 Å². The van der Waals surface area contributed by atoms with Gasteiger partial charge in [-0.2, -0.15) is 0 Å². The molecular formula is C12H9Br2FO2. The van der Waals surface area contributed by atoms with Gasteiger partial charge in [0.15, 0.2) is 4.67 Å². The lowest BCUT2D eigenvalue weighted by Crippen LogP contribution is -2.03. The fourth-order valence-corrected chi connectivity index (χ4v) is 2.39. The SMILES string of the molecule is OC(Cc1ccc(Br)cc1F)c1ccoc1Br. The molecule has 0 saturated carbocycles. The van der Waals surface area contributed by atoms with Gasteiger partial charge in [-0.05, 0) is 39.7 Å². The molecule has 0 fully saturated rings. The maximum atomic E-state index is 13.6. The summed E-state index contributed by atoms with van der Waals surface area (Å²) in [4.78, 5) is 0. The predicted molar refractivity (Wildman–Crippen MR) is 69.2 cm³/mol. The van der Waals surface area contributed by atoms with Gasteiger partial charge in [-0.3, -0.25) is 0 Å². The molecule has 1 aromatic heterocycles. The monoisotopic (exact) mass is 362 g/mol. The maximum Gasteiger partial charge on any atom is 0.174 e. The Morgan fingerprint density at radius 3 is 2.65 bits per heavy atom. The van der Waals surface area contributed by atoms with Crippen LogP contribution in [0.2, 0.25) is 0 Å². The van der Waals surface area contributed by atoms with Crippen molar-refractivity contribution in [2.24, 2.45) is 0 Å². The predicted octanol–water partition coefficient (Wildman–Crippen LogP) is 4.22. The third-order valence-corrected chi connectivity index (χ3v) is 3.57. The number of halogens is 3. The highest BCUT2D eigenvalue weighted by Gasteiger charge is 2.16. The van der Waals surface area contributed by atoms with Crippen molar-refractivity contribution < 1.29 is 13.9 Å². The van der Waals surface area contributed by atoms with Crippen LogP contribution in [0.1, 0.15) is 17.2 Å². The number of benzene rings is 1. The summed E-state index contributed by atoms with van der Waals surface area (Å²) >= 11 is 6.37. The second kappa shape index (κ2) is 5.33. The maximum absolute atomic E-state index is 13.6. The van der Waals surface area contributed by atoms with Crippen molar-refractivity contribution in [3.8, 4) is 0 Å². The van der Waals surface area contributed by atoms with Gasteiger partial charge in [-0.25, -0.2) is 4.39 Å². The van der Waals surface area contributed by atoms with Crippen LogP contribution in [-0.4, -0.2) is 5.11 Å². The standard InChI is InChI=1S/C12H9Br2FO2/c13-8-2-1-7(10(15)6-8)5-11(16)9-3-4-17-12(9)14/h1-4,6,11,16H,5H2. The van der Waals surface area contributed by atoms with Crippen LogP contribution in [0, 0.1) is 5.82 Å². The van der Waals surface area contributed by atoms with Crippen LogP contribution < -0.4 is 0 Å². The lowest BCUT2D eigenvalue weighted by Gasteiger charge is -2.10. The highest BCUT2D eigenvalue weighted by atomic mass is 79.9. The van der Waals surface area contributed by atoms with Gasteiger partial charge in [0, 0.05) is 16.5 Å². The first-order chi connectivity index (χ1) is 8.08. The second-order valence-corrected chi connectivity index (χ2v) is 5.24. The molecule has 2 aromatic rings. The molecule has 0 aliphatic carbocycles. The van der Waals surface area contributed by atoms with Crippen LogP contribution in [-0.2, 0) is 6.42 Å². The zero-order valence-corrected chi connectivity index (χ0v) is 11.8. The summed E-state index contributed by atoms with van der Waals surface area (Å²) in [7, 11) is 0. The molecule has 0 radical (unpaired) electrons. The number of furan rings is 1. The zero-order valence-electron chi connectivity index (χ0n) is 8.66. The average molecular weight is 364 g/mol. The van der Waals surface area contributed by atoms with Gasteiger partial charge in [0.25, 0.3) is 0 Å². The van der Waals surface area contributed by atoms with E-state index in [1.165, 1.54) is 12.3 Å². The quantitative estimate of drug-likeness (QED) is 0.885. The largest absolute Gasteiger partial charge is 0.457 e. The highest BCUT2D eigenvalue weighted by Crippen LogP contribution is 2.28. The molecule has 1 atom stereocenters. The summed E-state index contributed by atoms with van der Waals surface area (Å²) in [5.41, 5.74) is 1.08. The molecule has 0 aliphatic rings. The van der Waals surface area contributed by atoms with E-state index < -0.39 is 6.10 Å². The van der Waals surface area contributed by atoms with Gasteiger partial charge in [0.2, 0.25) is 0 Å². The van der Waals surface area contributed by atoms with Crippen molar-refractivity contribution >= 4 is 31.9 Å². The Morgan fingerprint density at radius 1 is 1.29 bits per heavy atom. The first-order valence-electron chi connectivity index (χ1n) is 4.93. The fourth-order valence-electron chi connectivity index (χ4n) is 1.55. The molecule has 1 N–H and O–H groups in total.